The van der Waals surface area contributed by atoms with E-state index in [-0.39, 0.29) is 29.1 Å². The molecule has 10 rings (SSSR count). The monoisotopic (exact) mass is 906 g/mol. The van der Waals surface area contributed by atoms with E-state index in [1.807, 2.05) is 52.2 Å². The molecule has 11 heteroatoms. The standard InChI is InChI=1S/C55H75N3O8/c1-31-22-33(24-34(23-31)55(64)17-20-65-21-18-55)37(30-59)35-28-58-29-36-42-43(50(4,25-39(61)48-49(2,3)66-48)13-10-32-27-57-44(35)45(32)58)38(60)26-54(42,8)53(7)15-11-40-51(5,16-19-56-9)41(62)12-14-52(40,6)47(53)46(36)63/h22-24,27-28,30,36-37,39-40,46-48,56-57,61,63-64H,10-21,25-26,29H2,1-9H3/t36-,37-,39-,40+,46-,47-,48-,50+,51+,52-,53+,54+/m1/s1. The molecule has 5 N–H and O–H groups in total. The van der Waals surface area contributed by atoms with Crippen molar-refractivity contribution in [2.75, 3.05) is 26.8 Å². The van der Waals surface area contributed by atoms with E-state index < -0.39 is 56.9 Å². The molecule has 1 aromatic carbocycles. The Morgan fingerprint density at radius 2 is 1.73 bits per heavy atom. The number of nitrogens with zero attached hydrogens (tertiary/aromatic N) is 1. The minimum atomic E-state index is -1.04. The molecule has 2 saturated heterocycles. The van der Waals surface area contributed by atoms with Crippen LogP contribution in [0.5, 0.6) is 0 Å². The van der Waals surface area contributed by atoms with Crippen LogP contribution in [0.4, 0.5) is 0 Å². The lowest BCUT2D eigenvalue weighted by atomic mass is 9.34. The second-order valence-corrected chi connectivity index (χ2v) is 24.1. The van der Waals surface area contributed by atoms with Gasteiger partial charge in [-0.1, -0.05) is 58.4 Å². The molecule has 3 aromatic rings. The van der Waals surface area contributed by atoms with E-state index in [1.54, 1.807) is 0 Å². The highest BCUT2D eigenvalue weighted by Crippen LogP contribution is 2.76. The summed E-state index contributed by atoms with van der Waals surface area (Å²) in [5.41, 5.74) is 4.02. The Bertz CT molecular complexity index is 2510. The molecule has 0 radical (unpaired) electrons. The molecular formula is C55H75N3O8. The highest BCUT2D eigenvalue weighted by molar-refractivity contribution is 6.02. The van der Waals surface area contributed by atoms with Gasteiger partial charge in [0.15, 0.2) is 5.78 Å². The number of aryl methyl sites for hydroxylation is 2. The third-order valence-corrected chi connectivity index (χ3v) is 20.0. The number of Topliss-reactive ketones (excluding diaryl/α,β-unsaturated/α-hetero) is 2. The van der Waals surface area contributed by atoms with Crippen molar-refractivity contribution in [3.05, 3.63) is 69.6 Å². The van der Waals surface area contributed by atoms with Crippen molar-refractivity contribution in [3.63, 3.8) is 0 Å². The second kappa shape index (κ2) is 15.5. The first-order chi connectivity index (χ1) is 31.1. The number of benzene rings is 1. The number of ketones is 2. The first kappa shape index (κ1) is 46.3. The molecule has 5 fully saturated rings. The molecule has 0 amide bonds. The van der Waals surface area contributed by atoms with Gasteiger partial charge in [-0.15, -0.1) is 0 Å². The number of fused-ring (bicyclic) bond motifs is 4. The lowest BCUT2D eigenvalue weighted by Crippen LogP contribution is -2.68. The largest absolute Gasteiger partial charge is 0.392 e. The molecule has 0 unspecified atom stereocenters. The van der Waals surface area contributed by atoms with Crippen LogP contribution in [0.1, 0.15) is 146 Å². The Balaban J connectivity index is 1.15. The first-order valence-electron chi connectivity index (χ1n) is 25.2. The summed E-state index contributed by atoms with van der Waals surface area (Å²) in [6.45, 7) is 19.5. The Kier molecular flexibility index (Phi) is 10.9. The average Bonchev–Trinajstić information content (AvgIpc) is 3.51. The predicted molar refractivity (Wildman–Crippen MR) is 253 cm³/mol. The van der Waals surface area contributed by atoms with Crippen LogP contribution in [0, 0.1) is 51.8 Å². The highest BCUT2D eigenvalue weighted by atomic mass is 16.6. The number of aldehydes is 1. The van der Waals surface area contributed by atoms with Gasteiger partial charge in [0, 0.05) is 85.7 Å². The molecule has 5 heterocycles. The van der Waals surface area contributed by atoms with E-state index in [0.717, 1.165) is 82.1 Å². The summed E-state index contributed by atoms with van der Waals surface area (Å²) in [6.07, 6.45) is 9.70. The summed E-state index contributed by atoms with van der Waals surface area (Å²) in [5, 5.41) is 40.9. The number of aromatic amines is 1. The number of carbonyl (C=O) groups excluding carboxylic acids is 3. The van der Waals surface area contributed by atoms with Crippen molar-refractivity contribution in [1.29, 1.82) is 0 Å². The highest BCUT2D eigenvalue weighted by Gasteiger charge is 2.73. The fourth-order valence-corrected chi connectivity index (χ4v) is 16.3. The average molecular weight is 906 g/mol. The minimum absolute atomic E-state index is 0.0767. The topological polar surface area (TPSA) is 166 Å². The Morgan fingerprint density at radius 3 is 2.41 bits per heavy atom. The van der Waals surface area contributed by atoms with E-state index in [9.17, 15) is 24.9 Å². The normalized spacial score (nSPS) is 38.9. The molecule has 0 bridgehead atoms. The number of aliphatic hydroxyl groups excluding tert-OH is 2. The quantitative estimate of drug-likeness (QED) is 0.101. The zero-order valence-corrected chi connectivity index (χ0v) is 40.9. The van der Waals surface area contributed by atoms with Crippen molar-refractivity contribution in [1.82, 2.24) is 14.9 Å². The smallest absolute Gasteiger partial charge is 0.160 e. The van der Waals surface area contributed by atoms with Gasteiger partial charge in [-0.2, -0.15) is 0 Å². The number of carbonyl (C=O) groups is 3. The van der Waals surface area contributed by atoms with Crippen LogP contribution < -0.4 is 5.32 Å². The maximum Gasteiger partial charge on any atom is 0.160 e. The lowest BCUT2D eigenvalue weighted by Gasteiger charge is -2.70. The summed E-state index contributed by atoms with van der Waals surface area (Å²) in [6, 6.07) is 6.07. The fraction of sp³-hybridized carbons (Fsp3) is 0.691. The summed E-state index contributed by atoms with van der Waals surface area (Å²) in [7, 11) is 1.94. The third kappa shape index (κ3) is 6.59. The van der Waals surface area contributed by atoms with Crippen LogP contribution in [-0.2, 0) is 42.4 Å². The summed E-state index contributed by atoms with van der Waals surface area (Å²) in [4.78, 5) is 46.7. The number of nitrogens with one attached hydrogen (secondary N) is 2. The van der Waals surface area contributed by atoms with Crippen LogP contribution in [0.3, 0.4) is 0 Å². The third-order valence-electron chi connectivity index (χ3n) is 20.0. The number of allylic oxidation sites excluding steroid dienone is 1. The van der Waals surface area contributed by atoms with Gasteiger partial charge in [0.25, 0.3) is 0 Å². The zero-order valence-electron chi connectivity index (χ0n) is 40.9. The summed E-state index contributed by atoms with van der Waals surface area (Å²) >= 11 is 0. The van der Waals surface area contributed by atoms with E-state index in [0.29, 0.717) is 76.9 Å². The lowest BCUT2D eigenvalue weighted by molar-refractivity contribution is -0.222. The molecule has 12 atom stereocenters. The number of rotatable bonds is 10. The molecule has 4 aliphatic carbocycles. The molecule has 0 spiro atoms. The number of aromatic nitrogens is 2. The van der Waals surface area contributed by atoms with Gasteiger partial charge < -0.3 is 44.5 Å². The van der Waals surface area contributed by atoms with E-state index in [1.165, 1.54) is 0 Å². The predicted octanol–water partition coefficient (Wildman–Crippen LogP) is 7.77. The van der Waals surface area contributed by atoms with Crippen LogP contribution >= 0.6 is 0 Å². The Labute approximate surface area is 390 Å². The van der Waals surface area contributed by atoms with Crippen LogP contribution in [0.25, 0.3) is 11.0 Å². The maximum absolute atomic E-state index is 15.4. The van der Waals surface area contributed by atoms with Crippen LogP contribution in [0.2, 0.25) is 0 Å². The zero-order chi connectivity index (χ0) is 47.1. The number of hydrogen-bond acceptors (Lipinski definition) is 9. The van der Waals surface area contributed by atoms with Gasteiger partial charge in [0.1, 0.15) is 18.2 Å². The summed E-state index contributed by atoms with van der Waals surface area (Å²) in [5.74, 6) is -0.771. The minimum Gasteiger partial charge on any atom is -0.392 e. The van der Waals surface area contributed by atoms with Crippen molar-refractivity contribution in [2.24, 2.45) is 44.8 Å². The number of H-pyrrole nitrogens is 1. The molecule has 66 heavy (non-hydrogen) atoms. The number of aliphatic hydroxyl groups is 3. The van der Waals surface area contributed by atoms with Crippen molar-refractivity contribution >= 4 is 28.9 Å². The molecule has 3 saturated carbocycles. The Morgan fingerprint density at radius 1 is 1.00 bits per heavy atom. The number of ether oxygens (including phenoxy) is 2. The molecule has 11 nitrogen and oxygen atoms in total. The molecule has 358 valence electrons. The first-order valence-corrected chi connectivity index (χ1v) is 25.2. The van der Waals surface area contributed by atoms with Gasteiger partial charge in [0.2, 0.25) is 0 Å². The SMILES string of the molecule is CNCC[C@]1(C)C(=O)CC[C@@]2(C)[C@H]3[C@H](O)[C@@H]4Cn5cc([C@H](C=O)c6cc(C)cc(C7(O)CCOCC7)c6)c6[nH]cc(c65)CC[C@@](C)(C[C@@H](O)[C@H]5OC5(C)C)C5=C4[C@](C)(CC5=O)[C@@]3(C)CC[C@H]21. The van der Waals surface area contributed by atoms with Gasteiger partial charge in [0.05, 0.1) is 40.4 Å². The molecule has 2 aromatic heterocycles. The maximum atomic E-state index is 15.4. The molecule has 3 aliphatic heterocycles. The Hall–Kier alpha value is -3.45. The van der Waals surface area contributed by atoms with Gasteiger partial charge in [-0.25, -0.2) is 0 Å². The van der Waals surface area contributed by atoms with E-state index >= 15 is 4.79 Å². The molecular weight excluding hydrogens is 831 g/mol. The number of hydrogen-bond donors (Lipinski definition) is 5. The van der Waals surface area contributed by atoms with Crippen LogP contribution in [0.15, 0.2) is 41.7 Å². The van der Waals surface area contributed by atoms with E-state index in [4.69, 9.17) is 9.47 Å². The number of epoxide rings is 1. The van der Waals surface area contributed by atoms with Crippen molar-refractivity contribution in [2.45, 2.75) is 168 Å². The van der Waals surface area contributed by atoms with Gasteiger partial charge in [-0.05, 0) is 130 Å². The van der Waals surface area contributed by atoms with Gasteiger partial charge in [-0.3, -0.25) is 9.59 Å². The fourth-order valence-electron chi connectivity index (χ4n) is 16.3. The molecule has 7 aliphatic rings. The van der Waals surface area contributed by atoms with E-state index in [2.05, 4.69) is 55.7 Å². The van der Waals surface area contributed by atoms with Crippen LogP contribution in [-0.4, -0.2) is 93.4 Å². The van der Waals surface area contributed by atoms with Crippen molar-refractivity contribution in [3.8, 4) is 0 Å². The van der Waals surface area contributed by atoms with Gasteiger partial charge >= 0.3 is 0 Å². The van der Waals surface area contributed by atoms with Crippen molar-refractivity contribution < 1.29 is 39.2 Å². The second-order valence-electron chi connectivity index (χ2n) is 24.1. The summed E-state index contributed by atoms with van der Waals surface area (Å²) < 4.78 is 13.9.